The van der Waals surface area contributed by atoms with E-state index in [-0.39, 0.29) is 31.0 Å². The number of esters is 1. The number of hydrogen-bond donors (Lipinski definition) is 2. The van der Waals surface area contributed by atoms with Gasteiger partial charge < -0.3 is 15.8 Å². The molecule has 9 nitrogen and oxygen atoms in total. The Morgan fingerprint density at radius 2 is 1.75 bits per heavy atom. The first kappa shape index (κ1) is 22.5. The van der Waals surface area contributed by atoms with Crippen molar-refractivity contribution in [3.8, 4) is 0 Å². The third-order valence-corrected chi connectivity index (χ3v) is 4.98. The van der Waals surface area contributed by atoms with Gasteiger partial charge in [-0.1, -0.05) is 36.4 Å². The summed E-state index contributed by atoms with van der Waals surface area (Å²) in [5.41, 5.74) is 6.21. The minimum Gasteiger partial charge on any atom is -0.465 e. The van der Waals surface area contributed by atoms with E-state index in [0.717, 1.165) is 10.1 Å². The molecule has 0 saturated heterocycles. The van der Waals surface area contributed by atoms with Crippen molar-refractivity contribution in [2.24, 2.45) is 0 Å². The molecule has 0 radical (unpaired) electrons. The van der Waals surface area contributed by atoms with Crippen molar-refractivity contribution in [3.63, 3.8) is 0 Å². The number of hydrogen-bond acceptors (Lipinski definition) is 7. The number of carbonyl (C=O) groups excluding carboxylic acids is 2. The molecule has 0 fully saturated rings. The molecule has 0 atom stereocenters. The number of benzene rings is 2. The number of aromatic nitrogens is 2. The van der Waals surface area contributed by atoms with E-state index < -0.39 is 23.0 Å². The highest BCUT2D eigenvalue weighted by Gasteiger charge is 2.22. The van der Waals surface area contributed by atoms with Crippen LogP contribution in [0.2, 0.25) is 0 Å². The van der Waals surface area contributed by atoms with E-state index in [0.29, 0.717) is 11.3 Å². The molecule has 0 amide bonds. The van der Waals surface area contributed by atoms with Gasteiger partial charge in [0.2, 0.25) is 0 Å². The van der Waals surface area contributed by atoms with Gasteiger partial charge in [-0.05, 0) is 30.7 Å². The molecule has 0 aliphatic rings. The number of ketones is 1. The van der Waals surface area contributed by atoms with Crippen LogP contribution >= 0.6 is 0 Å². The van der Waals surface area contributed by atoms with Crippen molar-refractivity contribution in [2.45, 2.75) is 20.0 Å². The predicted molar refractivity (Wildman–Crippen MR) is 121 cm³/mol. The Hall–Kier alpha value is -4.14. The second-order valence-corrected chi connectivity index (χ2v) is 7.01. The normalized spacial score (nSPS) is 10.6. The fourth-order valence-corrected chi connectivity index (χ4v) is 3.32. The van der Waals surface area contributed by atoms with Crippen LogP contribution in [0.1, 0.15) is 33.2 Å². The molecule has 0 aliphatic carbocycles. The van der Waals surface area contributed by atoms with Gasteiger partial charge in [-0.15, -0.1) is 0 Å². The average Bonchev–Trinajstić information content (AvgIpc) is 2.81. The van der Waals surface area contributed by atoms with Crippen LogP contribution in [-0.4, -0.2) is 34.5 Å². The summed E-state index contributed by atoms with van der Waals surface area (Å²) in [6.07, 6.45) is 0. The fourth-order valence-electron chi connectivity index (χ4n) is 3.32. The summed E-state index contributed by atoms with van der Waals surface area (Å²) in [5.74, 6) is -1.26. The molecule has 0 bridgehead atoms. The van der Waals surface area contributed by atoms with Gasteiger partial charge in [-0.2, -0.15) is 0 Å². The second-order valence-electron chi connectivity index (χ2n) is 7.01. The van der Waals surface area contributed by atoms with Gasteiger partial charge in [-0.3, -0.25) is 18.7 Å². The molecule has 3 rings (SSSR count). The Bertz CT molecular complexity index is 1260. The van der Waals surface area contributed by atoms with Gasteiger partial charge in [0, 0.05) is 12.2 Å². The highest BCUT2D eigenvalue weighted by molar-refractivity contribution is 6.02. The van der Waals surface area contributed by atoms with Crippen LogP contribution in [0.25, 0.3) is 0 Å². The number of nitrogen functional groups attached to an aromatic ring is 1. The quantitative estimate of drug-likeness (QED) is 0.407. The summed E-state index contributed by atoms with van der Waals surface area (Å²) in [4.78, 5) is 50.3. The zero-order valence-corrected chi connectivity index (χ0v) is 17.8. The maximum absolute atomic E-state index is 13.0. The van der Waals surface area contributed by atoms with Crippen LogP contribution in [0.15, 0.2) is 64.2 Å². The summed E-state index contributed by atoms with van der Waals surface area (Å²) in [6.45, 7) is 1.62. The monoisotopic (exact) mass is 436 g/mol. The van der Waals surface area contributed by atoms with E-state index in [2.05, 4.69) is 10.1 Å². The largest absolute Gasteiger partial charge is 0.465 e. The van der Waals surface area contributed by atoms with Crippen molar-refractivity contribution in [1.29, 1.82) is 0 Å². The van der Waals surface area contributed by atoms with Crippen molar-refractivity contribution in [2.75, 3.05) is 24.7 Å². The zero-order valence-electron chi connectivity index (χ0n) is 17.8. The lowest BCUT2D eigenvalue weighted by Gasteiger charge is -2.16. The van der Waals surface area contributed by atoms with Crippen LogP contribution in [0, 0.1) is 0 Å². The van der Waals surface area contributed by atoms with Crippen LogP contribution in [0.4, 0.5) is 11.5 Å². The molecular formula is C23H24N4O5. The summed E-state index contributed by atoms with van der Waals surface area (Å²) in [7, 11) is 1.28. The molecule has 0 saturated carbocycles. The number of nitrogens with one attached hydrogen (secondary N) is 1. The van der Waals surface area contributed by atoms with E-state index >= 15 is 0 Å². The number of ether oxygens (including phenoxy) is 1. The van der Waals surface area contributed by atoms with Gasteiger partial charge in [-0.25, -0.2) is 9.59 Å². The number of nitrogens with two attached hydrogens (primary N) is 1. The molecule has 3 N–H and O–H groups in total. The van der Waals surface area contributed by atoms with E-state index in [4.69, 9.17) is 5.73 Å². The lowest BCUT2D eigenvalue weighted by Crippen LogP contribution is -2.44. The highest BCUT2D eigenvalue weighted by atomic mass is 16.5. The summed E-state index contributed by atoms with van der Waals surface area (Å²) in [5, 5.41) is 2.89. The van der Waals surface area contributed by atoms with Crippen molar-refractivity contribution in [1.82, 2.24) is 9.13 Å². The number of Topliss-reactive ketones (excluding diaryl/α,β-unsaturated/α-hetero) is 1. The fraction of sp³-hybridized carbons (Fsp3) is 0.217. The molecule has 3 aromatic rings. The highest BCUT2D eigenvalue weighted by Crippen LogP contribution is 2.13. The molecule has 166 valence electrons. The summed E-state index contributed by atoms with van der Waals surface area (Å²) in [6, 6.07) is 15.6. The van der Waals surface area contributed by atoms with E-state index in [9.17, 15) is 19.2 Å². The van der Waals surface area contributed by atoms with Gasteiger partial charge >= 0.3 is 11.7 Å². The molecule has 0 aliphatic heterocycles. The van der Waals surface area contributed by atoms with Gasteiger partial charge in [0.05, 0.1) is 25.8 Å². The third-order valence-electron chi connectivity index (χ3n) is 4.98. The van der Waals surface area contributed by atoms with Gasteiger partial charge in [0.15, 0.2) is 5.78 Å². The molecule has 1 heterocycles. The topological polar surface area (TPSA) is 125 Å². The summed E-state index contributed by atoms with van der Waals surface area (Å²) >= 11 is 0. The van der Waals surface area contributed by atoms with Crippen LogP contribution in [-0.2, 0) is 17.8 Å². The van der Waals surface area contributed by atoms with Crippen molar-refractivity contribution >= 4 is 23.3 Å². The Kier molecular flexibility index (Phi) is 6.89. The van der Waals surface area contributed by atoms with Gasteiger partial charge in [0.1, 0.15) is 11.4 Å². The Balaban J connectivity index is 1.94. The van der Waals surface area contributed by atoms with E-state index in [1.807, 2.05) is 30.3 Å². The molecule has 0 spiro atoms. The average molecular weight is 436 g/mol. The first-order chi connectivity index (χ1) is 15.4. The molecule has 0 unspecified atom stereocenters. The van der Waals surface area contributed by atoms with Crippen LogP contribution in [0.5, 0.6) is 0 Å². The number of nitrogens with zero attached hydrogens (tertiary/aromatic N) is 2. The van der Waals surface area contributed by atoms with Crippen molar-refractivity contribution in [3.05, 3.63) is 92.1 Å². The van der Waals surface area contributed by atoms with Crippen LogP contribution < -0.4 is 22.3 Å². The number of carbonyl (C=O) groups is 2. The molecular weight excluding hydrogens is 412 g/mol. The smallest absolute Gasteiger partial charge is 0.337 e. The first-order valence-electron chi connectivity index (χ1n) is 9.99. The van der Waals surface area contributed by atoms with Crippen LogP contribution in [0.3, 0.4) is 0 Å². The molecule has 2 aromatic carbocycles. The number of methoxy groups -OCH3 is 1. The Morgan fingerprint density at radius 1 is 1.03 bits per heavy atom. The minimum atomic E-state index is -0.727. The number of anilines is 2. The standard InChI is InChI=1S/C23H24N4O5/c1-3-26-21(29)19(20(24)27(23(26)31)14-15-8-5-4-6-9-15)18(28)13-25-17-11-7-10-16(12-17)22(30)32-2/h4-12,25H,3,13-14,24H2,1-2H3. The maximum Gasteiger partial charge on any atom is 0.337 e. The lowest BCUT2D eigenvalue weighted by atomic mass is 10.1. The number of rotatable bonds is 8. The zero-order chi connectivity index (χ0) is 23.3. The predicted octanol–water partition coefficient (Wildman–Crippen LogP) is 1.74. The molecule has 9 heteroatoms. The minimum absolute atomic E-state index is 0.0988. The third kappa shape index (κ3) is 4.61. The molecule has 1 aromatic heterocycles. The maximum atomic E-state index is 13.0. The Morgan fingerprint density at radius 3 is 2.41 bits per heavy atom. The van der Waals surface area contributed by atoms with Gasteiger partial charge in [0.25, 0.3) is 5.56 Å². The lowest BCUT2D eigenvalue weighted by molar-refractivity contribution is 0.0600. The second kappa shape index (κ2) is 9.78. The van der Waals surface area contributed by atoms with E-state index in [1.54, 1.807) is 25.1 Å². The first-order valence-corrected chi connectivity index (χ1v) is 9.99. The SMILES string of the molecule is CCn1c(=O)c(C(=O)CNc2cccc(C(=O)OC)c2)c(N)n(Cc2ccccc2)c1=O. The Labute approximate surface area is 184 Å². The van der Waals surface area contributed by atoms with E-state index in [1.165, 1.54) is 17.7 Å². The van der Waals surface area contributed by atoms with Crippen molar-refractivity contribution < 1.29 is 14.3 Å². The molecule has 32 heavy (non-hydrogen) atoms. The summed E-state index contributed by atoms with van der Waals surface area (Å²) < 4.78 is 6.91.